The first-order chi connectivity index (χ1) is 15.1. The third-order valence-electron chi connectivity index (χ3n) is 4.47. The Balaban J connectivity index is 2.10. The molecular weight excluding hydrogens is 434 g/mol. The first-order valence-electron chi connectivity index (χ1n) is 10.1. The van der Waals surface area contributed by atoms with Gasteiger partial charge in [0.2, 0.25) is 11.8 Å². The van der Waals surface area contributed by atoms with Crippen LogP contribution >= 0.6 is 0 Å². The van der Waals surface area contributed by atoms with Crippen LogP contribution in [0.4, 0.5) is 11.4 Å². The van der Waals surface area contributed by atoms with Crippen molar-refractivity contribution in [2.24, 2.45) is 5.92 Å². The van der Waals surface area contributed by atoms with Gasteiger partial charge >= 0.3 is 0 Å². The fourth-order valence-electron chi connectivity index (χ4n) is 2.73. The molecule has 2 aromatic carbocycles. The van der Waals surface area contributed by atoms with Crippen molar-refractivity contribution < 1.29 is 27.5 Å². The van der Waals surface area contributed by atoms with Crippen LogP contribution in [0.25, 0.3) is 0 Å². The van der Waals surface area contributed by atoms with Crippen molar-refractivity contribution in [2.75, 3.05) is 30.8 Å². The molecule has 0 spiro atoms. The molecule has 2 rings (SSSR count). The van der Waals surface area contributed by atoms with Crippen molar-refractivity contribution in [3.05, 3.63) is 42.5 Å². The van der Waals surface area contributed by atoms with E-state index in [0.717, 1.165) is 6.42 Å². The molecule has 0 saturated carbocycles. The number of hydrogen-bond donors (Lipinski definition) is 3. The number of sulfonamides is 1. The Morgan fingerprint density at radius 1 is 0.938 bits per heavy atom. The smallest absolute Gasteiger partial charge is 0.265 e. The molecule has 0 atom stereocenters. The molecule has 0 aliphatic carbocycles. The van der Waals surface area contributed by atoms with Crippen molar-refractivity contribution in [3.8, 4) is 11.5 Å². The minimum atomic E-state index is -4.01. The number of ether oxygens (including phenoxy) is 2. The van der Waals surface area contributed by atoms with Gasteiger partial charge in [-0.05, 0) is 54.8 Å². The lowest BCUT2D eigenvalue weighted by Gasteiger charge is -2.14. The number of methoxy groups -OCH3 is 2. The lowest BCUT2D eigenvalue weighted by Crippen LogP contribution is -2.32. The molecule has 174 valence electrons. The van der Waals surface area contributed by atoms with Gasteiger partial charge in [0.1, 0.15) is 16.4 Å². The predicted octanol–water partition coefficient (Wildman–Crippen LogP) is 3.00. The third-order valence-corrected chi connectivity index (χ3v) is 5.88. The van der Waals surface area contributed by atoms with E-state index in [0.29, 0.717) is 23.8 Å². The van der Waals surface area contributed by atoms with E-state index in [9.17, 15) is 18.0 Å². The molecule has 0 aliphatic rings. The summed E-state index contributed by atoms with van der Waals surface area (Å²) in [4.78, 5) is 23.8. The van der Waals surface area contributed by atoms with Gasteiger partial charge in [0.15, 0.2) is 0 Å². The summed E-state index contributed by atoms with van der Waals surface area (Å²) in [5.41, 5.74) is 0.591. The number of anilines is 2. The summed E-state index contributed by atoms with van der Waals surface area (Å²) in [7, 11) is -1.14. The van der Waals surface area contributed by atoms with Crippen LogP contribution in [-0.4, -0.2) is 41.0 Å². The Morgan fingerprint density at radius 3 is 2.19 bits per heavy atom. The van der Waals surface area contributed by atoms with Gasteiger partial charge in [0.05, 0.1) is 20.8 Å². The van der Waals surface area contributed by atoms with Gasteiger partial charge in [0.25, 0.3) is 10.0 Å². The van der Waals surface area contributed by atoms with Gasteiger partial charge in [-0.1, -0.05) is 13.8 Å². The van der Waals surface area contributed by atoms with E-state index < -0.39 is 15.9 Å². The summed E-state index contributed by atoms with van der Waals surface area (Å²) in [5, 5.41) is 5.14. The van der Waals surface area contributed by atoms with Crippen LogP contribution in [0.2, 0.25) is 0 Å². The lowest BCUT2D eigenvalue weighted by atomic mass is 10.1. The number of rotatable bonds is 11. The minimum absolute atomic E-state index is 0.117. The van der Waals surface area contributed by atoms with Crippen LogP contribution in [0.3, 0.4) is 0 Å². The summed E-state index contributed by atoms with van der Waals surface area (Å²) in [5.74, 6) is 0.411. The third kappa shape index (κ3) is 7.45. The highest BCUT2D eigenvalue weighted by molar-refractivity contribution is 7.92. The van der Waals surface area contributed by atoms with Crippen molar-refractivity contribution >= 4 is 33.2 Å². The normalized spacial score (nSPS) is 11.0. The highest BCUT2D eigenvalue weighted by Crippen LogP contribution is 2.29. The van der Waals surface area contributed by atoms with Gasteiger partial charge in [-0.2, -0.15) is 0 Å². The molecule has 0 aliphatic heterocycles. The first kappa shape index (κ1) is 25.0. The summed E-state index contributed by atoms with van der Waals surface area (Å²) < 4.78 is 38.6. The van der Waals surface area contributed by atoms with Crippen LogP contribution < -0.4 is 24.8 Å². The monoisotopic (exact) mass is 463 g/mol. The number of benzene rings is 2. The largest absolute Gasteiger partial charge is 0.497 e. The molecule has 3 N–H and O–H groups in total. The van der Waals surface area contributed by atoms with E-state index in [-0.39, 0.29) is 28.8 Å². The maximum Gasteiger partial charge on any atom is 0.265 e. The van der Waals surface area contributed by atoms with Gasteiger partial charge in [0, 0.05) is 17.8 Å². The molecule has 0 fully saturated rings. The number of carbonyl (C=O) groups excluding carboxylic acids is 2. The average molecular weight is 464 g/mol. The van der Waals surface area contributed by atoms with Crippen LogP contribution in [0.5, 0.6) is 11.5 Å². The quantitative estimate of drug-likeness (QED) is 0.471. The molecule has 10 heteroatoms. The SMILES string of the molecule is COc1ccc(NS(=O)(=O)c2cc(NC(=O)CNC(=O)CCC(C)C)ccc2OC)cc1. The average Bonchev–Trinajstić information content (AvgIpc) is 2.76. The zero-order valence-corrected chi connectivity index (χ0v) is 19.4. The maximum atomic E-state index is 12.9. The standard InChI is InChI=1S/C22H29N3O6S/c1-15(2)5-12-21(26)23-14-22(27)24-17-8-11-19(31-4)20(13-17)32(28,29)25-16-6-9-18(30-3)10-7-16/h6-11,13,15,25H,5,12,14H2,1-4H3,(H,23,26)(H,24,27). The zero-order chi connectivity index (χ0) is 23.7. The summed E-state index contributed by atoms with van der Waals surface area (Å²) in [6.07, 6.45) is 1.07. The minimum Gasteiger partial charge on any atom is -0.497 e. The fourth-order valence-corrected chi connectivity index (χ4v) is 3.98. The predicted molar refractivity (Wildman–Crippen MR) is 123 cm³/mol. The molecule has 2 amide bonds. The van der Waals surface area contributed by atoms with E-state index in [1.807, 2.05) is 13.8 Å². The molecule has 2 aromatic rings. The van der Waals surface area contributed by atoms with Crippen molar-refractivity contribution in [3.63, 3.8) is 0 Å². The Labute approximate surface area is 188 Å². The van der Waals surface area contributed by atoms with E-state index >= 15 is 0 Å². The number of amides is 2. The van der Waals surface area contributed by atoms with E-state index in [2.05, 4.69) is 15.4 Å². The Bertz CT molecular complexity index is 1040. The van der Waals surface area contributed by atoms with E-state index in [4.69, 9.17) is 9.47 Å². The second-order valence-electron chi connectivity index (χ2n) is 7.46. The Hall–Kier alpha value is -3.27. The molecule has 0 bridgehead atoms. The van der Waals surface area contributed by atoms with E-state index in [1.165, 1.54) is 32.4 Å². The van der Waals surface area contributed by atoms with Gasteiger partial charge < -0.3 is 20.1 Å². The molecule has 0 saturated heterocycles. The van der Waals surface area contributed by atoms with Crippen LogP contribution in [-0.2, 0) is 19.6 Å². The van der Waals surface area contributed by atoms with Crippen LogP contribution in [0, 0.1) is 5.92 Å². The molecule has 32 heavy (non-hydrogen) atoms. The lowest BCUT2D eigenvalue weighted by molar-refractivity contribution is -0.124. The molecule has 0 aromatic heterocycles. The van der Waals surface area contributed by atoms with Crippen molar-refractivity contribution in [1.82, 2.24) is 5.32 Å². The molecule has 9 nitrogen and oxygen atoms in total. The summed E-state index contributed by atoms with van der Waals surface area (Å²) in [6, 6.07) is 10.6. The topological polar surface area (TPSA) is 123 Å². The molecular formula is C22H29N3O6S. The Kier molecular flexibility index (Phi) is 8.89. The zero-order valence-electron chi connectivity index (χ0n) is 18.6. The molecule has 0 unspecified atom stereocenters. The van der Waals surface area contributed by atoms with E-state index in [1.54, 1.807) is 24.3 Å². The number of nitrogens with one attached hydrogen (secondary N) is 3. The highest BCUT2D eigenvalue weighted by Gasteiger charge is 2.21. The molecule has 0 radical (unpaired) electrons. The highest BCUT2D eigenvalue weighted by atomic mass is 32.2. The number of carbonyl (C=O) groups is 2. The van der Waals surface area contributed by atoms with Crippen molar-refractivity contribution in [1.29, 1.82) is 0 Å². The summed E-state index contributed by atoms with van der Waals surface area (Å²) >= 11 is 0. The van der Waals surface area contributed by atoms with Crippen LogP contribution in [0.1, 0.15) is 26.7 Å². The second kappa shape index (κ2) is 11.4. The number of hydrogen-bond acceptors (Lipinski definition) is 6. The van der Waals surface area contributed by atoms with Gasteiger partial charge in [-0.25, -0.2) is 8.42 Å². The maximum absolute atomic E-state index is 12.9. The molecule has 0 heterocycles. The van der Waals surface area contributed by atoms with Gasteiger partial charge in [-0.15, -0.1) is 0 Å². The fraction of sp³-hybridized carbons (Fsp3) is 0.364. The first-order valence-corrected chi connectivity index (χ1v) is 11.5. The van der Waals surface area contributed by atoms with Gasteiger partial charge in [-0.3, -0.25) is 14.3 Å². The second-order valence-corrected chi connectivity index (χ2v) is 9.11. The van der Waals surface area contributed by atoms with Crippen molar-refractivity contribution in [2.45, 2.75) is 31.6 Å². The Morgan fingerprint density at radius 2 is 1.59 bits per heavy atom. The van der Waals surface area contributed by atoms with Crippen LogP contribution in [0.15, 0.2) is 47.4 Å². The summed E-state index contributed by atoms with van der Waals surface area (Å²) in [6.45, 7) is 3.81.